The summed E-state index contributed by atoms with van der Waals surface area (Å²) in [6.45, 7) is -0.0652. The fraction of sp³-hybridized carbons (Fsp3) is 0.167. The molecule has 26 heavy (non-hydrogen) atoms. The quantitative estimate of drug-likeness (QED) is 0.833. The molecular formula is C18H15Cl2N3O3. The Bertz CT molecular complexity index is 886. The number of fused-ring (bicyclic) bond motifs is 1. The van der Waals surface area contributed by atoms with Gasteiger partial charge in [-0.2, -0.15) is 0 Å². The molecule has 0 radical (unpaired) electrons. The molecule has 3 rings (SSSR count). The second-order valence-electron chi connectivity index (χ2n) is 5.72. The maximum Gasteiger partial charge on any atom is 0.244 e. The van der Waals surface area contributed by atoms with E-state index in [1.165, 1.54) is 11.0 Å². The summed E-state index contributed by atoms with van der Waals surface area (Å²) < 4.78 is 0. The van der Waals surface area contributed by atoms with Crippen LogP contribution in [0.5, 0.6) is 0 Å². The van der Waals surface area contributed by atoms with E-state index < -0.39 is 0 Å². The van der Waals surface area contributed by atoms with E-state index in [-0.39, 0.29) is 37.1 Å². The van der Waals surface area contributed by atoms with Gasteiger partial charge in [-0.1, -0.05) is 35.3 Å². The molecule has 1 aliphatic rings. The lowest BCUT2D eigenvalue weighted by molar-refractivity contribution is -0.124. The Labute approximate surface area is 160 Å². The van der Waals surface area contributed by atoms with Crippen LogP contribution in [0, 0.1) is 0 Å². The van der Waals surface area contributed by atoms with Gasteiger partial charge in [0.1, 0.15) is 6.54 Å². The van der Waals surface area contributed by atoms with Gasteiger partial charge in [-0.25, -0.2) is 0 Å². The van der Waals surface area contributed by atoms with Crippen LogP contribution in [0.15, 0.2) is 42.5 Å². The van der Waals surface area contributed by atoms with Crippen molar-refractivity contribution in [1.29, 1.82) is 0 Å². The number of anilines is 3. The minimum atomic E-state index is -0.327. The van der Waals surface area contributed by atoms with E-state index in [9.17, 15) is 14.4 Å². The van der Waals surface area contributed by atoms with Crippen LogP contribution in [0.1, 0.15) is 12.8 Å². The highest BCUT2D eigenvalue weighted by Gasteiger charge is 2.26. The maximum atomic E-state index is 12.5. The zero-order chi connectivity index (χ0) is 18.7. The van der Waals surface area contributed by atoms with Crippen molar-refractivity contribution in [2.45, 2.75) is 12.8 Å². The Balaban J connectivity index is 1.61. The van der Waals surface area contributed by atoms with Gasteiger partial charge >= 0.3 is 0 Å². The topological polar surface area (TPSA) is 78.5 Å². The Morgan fingerprint density at radius 2 is 1.85 bits per heavy atom. The smallest absolute Gasteiger partial charge is 0.244 e. The van der Waals surface area contributed by atoms with Crippen LogP contribution in [-0.4, -0.2) is 24.3 Å². The average molecular weight is 392 g/mol. The summed E-state index contributed by atoms with van der Waals surface area (Å²) in [5, 5.41) is 6.10. The summed E-state index contributed by atoms with van der Waals surface area (Å²) >= 11 is 11.7. The molecule has 0 bridgehead atoms. The molecule has 0 unspecified atom stereocenters. The third kappa shape index (κ3) is 4.15. The third-order valence-electron chi connectivity index (χ3n) is 3.84. The molecule has 0 spiro atoms. The molecule has 1 aliphatic heterocycles. The maximum absolute atomic E-state index is 12.5. The largest absolute Gasteiger partial charge is 0.326 e. The van der Waals surface area contributed by atoms with Crippen LogP contribution >= 0.6 is 23.2 Å². The molecule has 0 fully saturated rings. The summed E-state index contributed by atoms with van der Waals surface area (Å²) in [6, 6.07) is 11.8. The number of amides is 3. The number of hydrogen-bond donors (Lipinski definition) is 2. The first kappa shape index (κ1) is 18.2. The Morgan fingerprint density at radius 1 is 1.08 bits per heavy atom. The van der Waals surface area contributed by atoms with Crippen molar-refractivity contribution in [3.63, 3.8) is 0 Å². The first-order valence-electron chi connectivity index (χ1n) is 7.88. The van der Waals surface area contributed by atoms with Gasteiger partial charge in [0.05, 0.1) is 21.4 Å². The summed E-state index contributed by atoms with van der Waals surface area (Å²) in [4.78, 5) is 37.7. The predicted molar refractivity (Wildman–Crippen MR) is 102 cm³/mol. The van der Waals surface area contributed by atoms with Gasteiger partial charge in [-0.3, -0.25) is 14.4 Å². The number of carbonyl (C=O) groups excluding carboxylic acids is 3. The number of halogens is 2. The molecule has 0 aromatic heterocycles. The van der Waals surface area contributed by atoms with E-state index in [1.54, 1.807) is 36.4 Å². The molecule has 134 valence electrons. The number of rotatable bonds is 4. The molecule has 0 atom stereocenters. The summed E-state index contributed by atoms with van der Waals surface area (Å²) in [6.07, 6.45) is -0.0336. The van der Waals surface area contributed by atoms with Crippen LogP contribution in [0.4, 0.5) is 17.1 Å². The van der Waals surface area contributed by atoms with Crippen LogP contribution < -0.4 is 15.5 Å². The second kappa shape index (κ2) is 7.76. The molecule has 6 nitrogen and oxygen atoms in total. The summed E-state index contributed by atoms with van der Waals surface area (Å²) in [7, 11) is 0. The molecule has 0 saturated heterocycles. The lowest BCUT2D eigenvalue weighted by Gasteiger charge is -2.29. The van der Waals surface area contributed by atoms with Gasteiger partial charge in [-0.15, -0.1) is 0 Å². The number of nitrogens with zero attached hydrogens (tertiary/aromatic N) is 1. The molecule has 0 aliphatic carbocycles. The van der Waals surface area contributed by atoms with Crippen molar-refractivity contribution in [3.8, 4) is 0 Å². The molecule has 2 aromatic carbocycles. The first-order chi connectivity index (χ1) is 12.4. The number of para-hydroxylation sites is 2. The van der Waals surface area contributed by atoms with E-state index in [4.69, 9.17) is 23.2 Å². The Kier molecular flexibility index (Phi) is 5.44. The van der Waals surface area contributed by atoms with Crippen molar-refractivity contribution in [2.75, 3.05) is 22.1 Å². The van der Waals surface area contributed by atoms with Gasteiger partial charge in [0, 0.05) is 18.5 Å². The van der Waals surface area contributed by atoms with Crippen LogP contribution in [0.2, 0.25) is 10.0 Å². The SMILES string of the molecule is O=C(CCC(=O)N1CC(=O)Nc2ccccc21)Nc1ccc(Cl)c(Cl)c1. The monoisotopic (exact) mass is 391 g/mol. The van der Waals surface area contributed by atoms with Crippen molar-refractivity contribution in [1.82, 2.24) is 0 Å². The molecule has 0 saturated carbocycles. The minimum Gasteiger partial charge on any atom is -0.326 e. The third-order valence-corrected chi connectivity index (χ3v) is 4.58. The average Bonchev–Trinajstić information content (AvgIpc) is 2.62. The number of nitrogens with one attached hydrogen (secondary N) is 2. The molecule has 3 amide bonds. The van der Waals surface area contributed by atoms with Gasteiger partial charge in [0.25, 0.3) is 0 Å². The number of carbonyl (C=O) groups is 3. The fourth-order valence-corrected chi connectivity index (χ4v) is 2.91. The second-order valence-corrected chi connectivity index (χ2v) is 6.54. The van der Waals surface area contributed by atoms with E-state index in [0.29, 0.717) is 27.1 Å². The van der Waals surface area contributed by atoms with Gasteiger partial charge in [-0.05, 0) is 30.3 Å². The van der Waals surface area contributed by atoms with Crippen molar-refractivity contribution in [3.05, 3.63) is 52.5 Å². The van der Waals surface area contributed by atoms with Gasteiger partial charge in [0.2, 0.25) is 17.7 Å². The highest BCUT2D eigenvalue weighted by atomic mass is 35.5. The Hall–Kier alpha value is -2.57. The minimum absolute atomic E-state index is 0.0145. The zero-order valence-corrected chi connectivity index (χ0v) is 15.1. The predicted octanol–water partition coefficient (Wildman–Crippen LogP) is 3.70. The Morgan fingerprint density at radius 3 is 2.62 bits per heavy atom. The van der Waals surface area contributed by atoms with Gasteiger partial charge < -0.3 is 15.5 Å². The van der Waals surface area contributed by atoms with Crippen molar-refractivity contribution >= 4 is 58.0 Å². The molecular weight excluding hydrogens is 377 g/mol. The summed E-state index contributed by atoms with van der Waals surface area (Å²) in [5.74, 6) is -0.889. The highest BCUT2D eigenvalue weighted by Crippen LogP contribution is 2.29. The first-order valence-corrected chi connectivity index (χ1v) is 8.64. The number of benzene rings is 2. The van der Waals surface area contributed by atoms with Crippen LogP contribution in [-0.2, 0) is 14.4 Å². The zero-order valence-electron chi connectivity index (χ0n) is 13.6. The van der Waals surface area contributed by atoms with E-state index in [1.807, 2.05) is 0 Å². The molecule has 2 N–H and O–H groups in total. The molecule has 1 heterocycles. The lowest BCUT2D eigenvalue weighted by Crippen LogP contribution is -2.42. The van der Waals surface area contributed by atoms with Crippen molar-refractivity contribution < 1.29 is 14.4 Å². The van der Waals surface area contributed by atoms with Crippen LogP contribution in [0.3, 0.4) is 0 Å². The normalized spacial score (nSPS) is 13.0. The van der Waals surface area contributed by atoms with Crippen molar-refractivity contribution in [2.24, 2.45) is 0 Å². The van der Waals surface area contributed by atoms with E-state index in [0.717, 1.165) is 0 Å². The molecule has 2 aromatic rings. The molecule has 8 heteroatoms. The van der Waals surface area contributed by atoms with Gasteiger partial charge in [0.15, 0.2) is 0 Å². The highest BCUT2D eigenvalue weighted by molar-refractivity contribution is 6.42. The van der Waals surface area contributed by atoms with E-state index in [2.05, 4.69) is 10.6 Å². The van der Waals surface area contributed by atoms with Crippen LogP contribution in [0.25, 0.3) is 0 Å². The number of hydrogen-bond acceptors (Lipinski definition) is 3. The fourth-order valence-electron chi connectivity index (χ4n) is 2.61. The lowest BCUT2D eigenvalue weighted by atomic mass is 10.1. The summed E-state index contributed by atoms with van der Waals surface area (Å²) in [5.41, 5.74) is 1.71. The standard InChI is InChI=1S/C18H15Cl2N3O3/c19-12-6-5-11(9-13(12)20)21-16(24)7-8-18(26)23-10-17(25)22-14-3-1-2-4-15(14)23/h1-6,9H,7-8,10H2,(H,21,24)(H,22,25). The van der Waals surface area contributed by atoms with E-state index >= 15 is 0 Å².